The fraction of sp³-hybridized carbons (Fsp3) is 0.742. The number of aliphatic hydroxyl groups is 1. The molecular weight excluding hydrogens is 484 g/mol. The lowest BCUT2D eigenvalue weighted by Gasteiger charge is -2.63. The molecule has 2 aromatic rings. The van der Waals surface area contributed by atoms with E-state index in [1.807, 2.05) is 43.1 Å². The molecule has 0 saturated heterocycles. The highest BCUT2D eigenvalue weighted by Gasteiger charge is 2.62. The summed E-state index contributed by atoms with van der Waals surface area (Å²) in [6.45, 7) is 5.62. The maximum absolute atomic E-state index is 13.8. The molecule has 0 spiro atoms. The largest absolute Gasteiger partial charge is 0.390 e. The maximum Gasteiger partial charge on any atom is 0.157 e. The highest BCUT2D eigenvalue weighted by Crippen LogP contribution is 2.69. The molecule has 4 fully saturated rings. The molecule has 1 N–H and O–H groups in total. The van der Waals surface area contributed by atoms with Gasteiger partial charge in [0, 0.05) is 30.0 Å². The van der Waals surface area contributed by atoms with E-state index in [1.165, 1.54) is 25.7 Å². The van der Waals surface area contributed by atoms with E-state index in [-0.39, 0.29) is 16.7 Å². The van der Waals surface area contributed by atoms with Gasteiger partial charge in [-0.15, -0.1) is 0 Å². The molecule has 1 aromatic heterocycles. The molecule has 1 aromatic carbocycles. The number of hydrogen-bond acceptors (Lipinski definition) is 4. The number of benzene rings is 1. The topological polar surface area (TPSA) is 64.3 Å². The van der Waals surface area contributed by atoms with E-state index in [0.29, 0.717) is 41.0 Å². The van der Waals surface area contributed by atoms with E-state index in [0.717, 1.165) is 56.0 Å². The van der Waals surface area contributed by atoms with Crippen LogP contribution in [-0.2, 0) is 16.1 Å². The summed E-state index contributed by atoms with van der Waals surface area (Å²) in [5.41, 5.74) is 0.783. The zero-order valence-corrected chi connectivity index (χ0v) is 23.5. The molecule has 1 heterocycles. The number of Topliss-reactive ketones (excluding diaryl/α,β-unsaturated/α-hetero) is 1. The van der Waals surface area contributed by atoms with Crippen molar-refractivity contribution in [2.75, 3.05) is 13.7 Å². The van der Waals surface area contributed by atoms with Crippen molar-refractivity contribution < 1.29 is 14.6 Å². The molecule has 5 nitrogen and oxygen atoms in total. The zero-order chi connectivity index (χ0) is 26.0. The molecule has 4 aliphatic carbocycles. The summed E-state index contributed by atoms with van der Waals surface area (Å²) in [4.78, 5) is 13.8. The van der Waals surface area contributed by atoms with E-state index in [1.54, 1.807) is 0 Å². The summed E-state index contributed by atoms with van der Waals surface area (Å²) in [5.74, 6) is 3.04. The van der Waals surface area contributed by atoms with E-state index in [4.69, 9.17) is 16.3 Å². The van der Waals surface area contributed by atoms with Crippen LogP contribution in [0.4, 0.5) is 0 Å². The number of halogens is 1. The predicted octanol–water partition coefficient (Wildman–Crippen LogP) is 6.69. The van der Waals surface area contributed by atoms with E-state index < -0.39 is 5.60 Å². The number of aromatic nitrogens is 2. The van der Waals surface area contributed by atoms with Crippen LogP contribution in [0, 0.1) is 40.4 Å². The fourth-order valence-corrected chi connectivity index (χ4v) is 10.1. The minimum atomic E-state index is -0.525. The first kappa shape index (κ1) is 25.8. The van der Waals surface area contributed by atoms with Gasteiger partial charge in [-0.2, -0.15) is 5.10 Å². The van der Waals surface area contributed by atoms with Gasteiger partial charge in [-0.25, -0.2) is 0 Å². The monoisotopic (exact) mass is 526 g/mol. The van der Waals surface area contributed by atoms with Crippen molar-refractivity contribution in [3.63, 3.8) is 0 Å². The van der Waals surface area contributed by atoms with E-state index in [9.17, 15) is 9.90 Å². The van der Waals surface area contributed by atoms with Crippen LogP contribution >= 0.6 is 11.6 Å². The van der Waals surface area contributed by atoms with Gasteiger partial charge < -0.3 is 9.84 Å². The summed E-state index contributed by atoms with van der Waals surface area (Å²) in [5, 5.41) is 17.2. The molecule has 0 unspecified atom stereocenters. The molecule has 0 amide bonds. The highest BCUT2D eigenvalue weighted by molar-refractivity contribution is 6.31. The molecular formula is C31H43ClN2O3. The smallest absolute Gasteiger partial charge is 0.157 e. The minimum Gasteiger partial charge on any atom is -0.390 e. The molecule has 4 aliphatic rings. The van der Waals surface area contributed by atoms with Crippen molar-refractivity contribution >= 4 is 28.3 Å². The van der Waals surface area contributed by atoms with Crippen LogP contribution in [0.25, 0.3) is 10.9 Å². The van der Waals surface area contributed by atoms with Gasteiger partial charge >= 0.3 is 0 Å². The quantitative estimate of drug-likeness (QED) is 0.455. The van der Waals surface area contributed by atoms with Crippen molar-refractivity contribution in [3.8, 4) is 0 Å². The number of methoxy groups -OCH3 is 1. The second-order valence-corrected chi connectivity index (χ2v) is 13.9. The Kier molecular flexibility index (Phi) is 6.52. The number of nitrogens with zero attached hydrogens (tertiary/aromatic N) is 2. The Labute approximate surface area is 226 Å². The molecule has 0 radical (unpaired) electrons. The number of carbonyl (C=O) groups is 1. The Hall–Kier alpha value is -1.43. The third-order valence-electron chi connectivity index (χ3n) is 11.7. The lowest BCUT2D eigenvalue weighted by atomic mass is 9.42. The van der Waals surface area contributed by atoms with Crippen LogP contribution in [0.5, 0.6) is 0 Å². The van der Waals surface area contributed by atoms with Crippen LogP contribution in [0.2, 0.25) is 5.02 Å². The first-order chi connectivity index (χ1) is 17.7. The van der Waals surface area contributed by atoms with Crippen molar-refractivity contribution in [2.45, 2.75) is 90.2 Å². The average Bonchev–Trinajstić information content (AvgIpc) is 3.42. The van der Waals surface area contributed by atoms with Crippen LogP contribution in [0.1, 0.15) is 78.1 Å². The number of ketones is 1. The van der Waals surface area contributed by atoms with E-state index >= 15 is 0 Å². The second-order valence-electron chi connectivity index (χ2n) is 13.5. The van der Waals surface area contributed by atoms with Gasteiger partial charge in [0.1, 0.15) is 6.54 Å². The minimum absolute atomic E-state index is 0.0777. The molecule has 0 bridgehead atoms. The Bertz CT molecular complexity index is 1180. The average molecular weight is 527 g/mol. The van der Waals surface area contributed by atoms with Crippen LogP contribution in [0.3, 0.4) is 0 Å². The van der Waals surface area contributed by atoms with Crippen molar-refractivity contribution in [1.29, 1.82) is 0 Å². The molecule has 4 saturated carbocycles. The Balaban J connectivity index is 1.24. The van der Waals surface area contributed by atoms with Gasteiger partial charge in [0.15, 0.2) is 5.78 Å². The Morgan fingerprint density at radius 2 is 1.97 bits per heavy atom. The number of fused-ring (bicyclic) bond motifs is 6. The normalized spacial score (nSPS) is 41.3. The lowest BCUT2D eigenvalue weighted by molar-refractivity contribution is -0.163. The summed E-state index contributed by atoms with van der Waals surface area (Å²) in [6.07, 6.45) is 12.9. The Morgan fingerprint density at radius 1 is 1.14 bits per heavy atom. The van der Waals surface area contributed by atoms with Crippen molar-refractivity contribution in [2.24, 2.45) is 40.4 Å². The number of rotatable bonds is 6. The van der Waals surface area contributed by atoms with E-state index in [2.05, 4.69) is 12.0 Å². The number of hydrogen-bond donors (Lipinski definition) is 1. The Morgan fingerprint density at radius 3 is 2.78 bits per heavy atom. The van der Waals surface area contributed by atoms with Crippen LogP contribution < -0.4 is 0 Å². The summed E-state index contributed by atoms with van der Waals surface area (Å²) in [6, 6.07) is 5.77. The molecule has 6 rings (SSSR count). The summed E-state index contributed by atoms with van der Waals surface area (Å²) >= 11 is 6.25. The summed E-state index contributed by atoms with van der Waals surface area (Å²) in [7, 11) is 1.83. The van der Waals surface area contributed by atoms with Gasteiger partial charge in [0.25, 0.3) is 0 Å². The van der Waals surface area contributed by atoms with Gasteiger partial charge in [-0.05, 0) is 124 Å². The standard InChI is InChI=1S/C31H43ClN2O3/c1-29(36)12-13-31(14-15-37-3)21(17-29)5-7-23-24-8-9-26(30(24,2)11-10-25(23)31)28(35)19-34-27-16-22(32)6-4-20(27)18-33-34/h4,6,16,18,21,23-26,36H,5,7-15,17,19H2,1-3H3/t21-,23+,24+,25+,26-,29-,30+,31-/m1/s1. The molecule has 0 aliphatic heterocycles. The first-order valence-electron chi connectivity index (χ1n) is 14.5. The fourth-order valence-electron chi connectivity index (χ4n) is 9.98. The maximum atomic E-state index is 13.8. The van der Waals surface area contributed by atoms with Crippen molar-refractivity contribution in [3.05, 3.63) is 29.4 Å². The predicted molar refractivity (Wildman–Crippen MR) is 146 cm³/mol. The third-order valence-corrected chi connectivity index (χ3v) is 12.0. The lowest BCUT2D eigenvalue weighted by Crippen LogP contribution is -2.57. The third kappa shape index (κ3) is 4.19. The van der Waals surface area contributed by atoms with Crippen molar-refractivity contribution in [1.82, 2.24) is 9.78 Å². The van der Waals surface area contributed by atoms with Gasteiger partial charge in [-0.3, -0.25) is 9.48 Å². The molecule has 6 heteroatoms. The second kappa shape index (κ2) is 9.34. The van der Waals surface area contributed by atoms with Gasteiger partial charge in [0.05, 0.1) is 17.3 Å². The molecule has 37 heavy (non-hydrogen) atoms. The zero-order valence-electron chi connectivity index (χ0n) is 22.7. The van der Waals surface area contributed by atoms with Crippen LogP contribution in [0.15, 0.2) is 24.4 Å². The number of ether oxygens (including phenoxy) is 1. The highest BCUT2D eigenvalue weighted by atomic mass is 35.5. The SMILES string of the molecule is COCC[C@]12CC[C@@](C)(O)C[C@H]1CC[C@H]1[C@@H]3CC[C@H](C(=O)Cn4ncc5ccc(Cl)cc54)[C@@]3(C)CC[C@@H]12. The van der Waals surface area contributed by atoms with Gasteiger partial charge in [0.2, 0.25) is 0 Å². The number of carbonyl (C=O) groups excluding carboxylic acids is 1. The van der Waals surface area contributed by atoms with Gasteiger partial charge in [-0.1, -0.05) is 18.5 Å². The van der Waals surface area contributed by atoms with Crippen LogP contribution in [-0.4, -0.2) is 40.0 Å². The first-order valence-corrected chi connectivity index (χ1v) is 14.9. The molecule has 202 valence electrons. The molecule has 8 atom stereocenters. The summed E-state index contributed by atoms with van der Waals surface area (Å²) < 4.78 is 7.49.